The van der Waals surface area contributed by atoms with Crippen molar-refractivity contribution in [2.24, 2.45) is 0 Å². The number of benzene rings is 1. The number of urea groups is 1. The molecule has 1 saturated carbocycles. The number of likely N-dealkylation sites (tertiary alicyclic amines) is 1. The maximum absolute atomic E-state index is 12.7. The van der Waals surface area contributed by atoms with Gasteiger partial charge in [-0.2, -0.15) is 0 Å². The Labute approximate surface area is 173 Å². The van der Waals surface area contributed by atoms with Crippen LogP contribution in [0.2, 0.25) is 0 Å². The van der Waals surface area contributed by atoms with Crippen molar-refractivity contribution in [3.8, 4) is 0 Å². The number of hydrogen-bond acceptors (Lipinski definition) is 5. The Morgan fingerprint density at radius 2 is 1.57 bits per heavy atom. The molecule has 0 unspecified atom stereocenters. The number of anilines is 1. The fourth-order valence-electron chi connectivity index (χ4n) is 4.33. The monoisotopic (exact) mass is 412 g/mol. The smallest absolute Gasteiger partial charge is 0.325 e. The van der Waals surface area contributed by atoms with Crippen molar-refractivity contribution >= 4 is 35.3 Å². The highest BCUT2D eigenvalue weighted by atomic mass is 16.2. The lowest BCUT2D eigenvalue weighted by Gasteiger charge is -2.30. The van der Waals surface area contributed by atoms with Crippen LogP contribution in [-0.2, 0) is 25.7 Å². The van der Waals surface area contributed by atoms with Gasteiger partial charge in [0.2, 0.25) is 17.7 Å². The van der Waals surface area contributed by atoms with E-state index in [0.717, 1.165) is 29.7 Å². The van der Waals surface area contributed by atoms with Gasteiger partial charge in [-0.15, -0.1) is 0 Å². The molecule has 6 amide bonds. The van der Waals surface area contributed by atoms with Crippen molar-refractivity contribution in [1.82, 2.24) is 15.1 Å². The van der Waals surface area contributed by atoms with Gasteiger partial charge in [0.05, 0.1) is 6.54 Å². The number of rotatable bonds is 5. The first-order chi connectivity index (χ1) is 14.4. The minimum Gasteiger partial charge on any atom is -0.325 e. The summed E-state index contributed by atoms with van der Waals surface area (Å²) in [6.07, 6.45) is 4.52. The van der Waals surface area contributed by atoms with Gasteiger partial charge in [0.1, 0.15) is 12.1 Å². The molecule has 158 valence electrons. The van der Waals surface area contributed by atoms with Crippen LogP contribution < -0.4 is 10.6 Å². The number of carbonyl (C=O) groups is 5. The van der Waals surface area contributed by atoms with Crippen molar-refractivity contribution in [2.45, 2.75) is 57.0 Å². The Kier molecular flexibility index (Phi) is 5.27. The Morgan fingerprint density at radius 3 is 2.20 bits per heavy atom. The van der Waals surface area contributed by atoms with Crippen LogP contribution in [0.3, 0.4) is 0 Å². The van der Waals surface area contributed by atoms with Gasteiger partial charge in [-0.1, -0.05) is 31.4 Å². The third-order valence-electron chi connectivity index (χ3n) is 5.99. The average Bonchev–Trinajstić information content (AvgIpc) is 3.15. The van der Waals surface area contributed by atoms with E-state index in [9.17, 15) is 24.0 Å². The Morgan fingerprint density at radius 1 is 0.933 bits per heavy atom. The van der Waals surface area contributed by atoms with E-state index in [1.165, 1.54) is 4.90 Å². The van der Waals surface area contributed by atoms with Crippen LogP contribution in [0.15, 0.2) is 24.3 Å². The number of imide groups is 2. The molecular weight excluding hydrogens is 388 g/mol. The summed E-state index contributed by atoms with van der Waals surface area (Å²) < 4.78 is 0. The molecule has 30 heavy (non-hydrogen) atoms. The summed E-state index contributed by atoms with van der Waals surface area (Å²) >= 11 is 0. The van der Waals surface area contributed by atoms with E-state index >= 15 is 0 Å². The molecule has 1 aliphatic carbocycles. The molecular formula is C21H24N4O5. The summed E-state index contributed by atoms with van der Waals surface area (Å²) in [5.41, 5.74) is 0.425. The van der Waals surface area contributed by atoms with Crippen molar-refractivity contribution in [3.05, 3.63) is 29.8 Å². The summed E-state index contributed by atoms with van der Waals surface area (Å²) in [5, 5.41) is 5.46. The highest BCUT2D eigenvalue weighted by Crippen LogP contribution is 2.33. The van der Waals surface area contributed by atoms with E-state index in [2.05, 4.69) is 10.6 Å². The fourth-order valence-corrected chi connectivity index (χ4v) is 4.33. The van der Waals surface area contributed by atoms with Gasteiger partial charge < -0.3 is 10.6 Å². The third kappa shape index (κ3) is 3.79. The summed E-state index contributed by atoms with van der Waals surface area (Å²) in [5.74, 6) is -1.15. The van der Waals surface area contributed by atoms with Gasteiger partial charge in [0, 0.05) is 18.5 Å². The van der Waals surface area contributed by atoms with Crippen LogP contribution in [0.1, 0.15) is 50.5 Å². The average molecular weight is 412 g/mol. The van der Waals surface area contributed by atoms with E-state index in [-0.39, 0.29) is 43.7 Å². The van der Waals surface area contributed by atoms with Gasteiger partial charge in [-0.3, -0.25) is 29.0 Å². The molecule has 2 heterocycles. The molecule has 0 atom stereocenters. The molecule has 2 aliphatic heterocycles. The first kappa shape index (κ1) is 20.1. The van der Waals surface area contributed by atoms with Crippen LogP contribution in [0.4, 0.5) is 10.5 Å². The highest BCUT2D eigenvalue weighted by molar-refractivity contribution is 6.10. The second kappa shape index (κ2) is 7.89. The normalized spacial score (nSPS) is 20.8. The lowest BCUT2D eigenvalue weighted by molar-refractivity contribution is -0.139. The molecule has 1 aromatic rings. The van der Waals surface area contributed by atoms with Crippen molar-refractivity contribution < 1.29 is 24.0 Å². The van der Waals surface area contributed by atoms with Gasteiger partial charge in [0.15, 0.2) is 0 Å². The highest BCUT2D eigenvalue weighted by Gasteiger charge is 2.51. The summed E-state index contributed by atoms with van der Waals surface area (Å²) in [6, 6.07) is 6.24. The number of nitrogens with zero attached hydrogens (tertiary/aromatic N) is 2. The fraction of sp³-hybridized carbons (Fsp3) is 0.476. The summed E-state index contributed by atoms with van der Waals surface area (Å²) in [7, 11) is 0. The molecule has 1 aromatic carbocycles. The lowest BCUT2D eigenvalue weighted by atomic mass is 9.82. The zero-order valence-electron chi connectivity index (χ0n) is 16.6. The SMILES string of the molecule is O=C(CN1C(=O)NC2(CCCCC2)C1=O)Nc1ccc(CN2C(=O)CCC2=O)cc1. The minimum absolute atomic E-state index is 0.179. The third-order valence-corrected chi connectivity index (χ3v) is 5.99. The van der Waals surface area contributed by atoms with Crippen LogP contribution in [0, 0.1) is 0 Å². The Balaban J connectivity index is 1.34. The van der Waals surface area contributed by atoms with Crippen LogP contribution in [-0.4, -0.2) is 51.5 Å². The Hall–Kier alpha value is -3.23. The van der Waals surface area contributed by atoms with Crippen LogP contribution in [0.5, 0.6) is 0 Å². The number of carbonyl (C=O) groups excluding carboxylic acids is 5. The van der Waals surface area contributed by atoms with Gasteiger partial charge in [-0.05, 0) is 30.5 Å². The summed E-state index contributed by atoms with van der Waals surface area (Å²) in [6.45, 7) is -0.138. The minimum atomic E-state index is -0.846. The first-order valence-corrected chi connectivity index (χ1v) is 10.2. The molecule has 3 aliphatic rings. The van der Waals surface area contributed by atoms with Crippen molar-refractivity contribution in [1.29, 1.82) is 0 Å². The molecule has 0 aromatic heterocycles. The molecule has 2 saturated heterocycles. The standard InChI is InChI=1S/C21H24N4O5/c26-16(13-25-19(29)21(23-20(25)30)10-2-1-3-11-21)22-15-6-4-14(5-7-15)12-24-17(27)8-9-18(24)28/h4-7H,1-3,8-13H2,(H,22,26)(H,23,30). The second-order valence-corrected chi connectivity index (χ2v) is 8.08. The predicted molar refractivity (Wildman–Crippen MR) is 106 cm³/mol. The van der Waals surface area contributed by atoms with Gasteiger partial charge in [-0.25, -0.2) is 4.79 Å². The van der Waals surface area contributed by atoms with E-state index in [1.54, 1.807) is 24.3 Å². The molecule has 0 radical (unpaired) electrons. The number of amides is 6. The molecule has 9 heteroatoms. The van der Waals surface area contributed by atoms with E-state index in [1.807, 2.05) is 0 Å². The first-order valence-electron chi connectivity index (χ1n) is 10.2. The van der Waals surface area contributed by atoms with E-state index in [0.29, 0.717) is 18.5 Å². The molecule has 0 bridgehead atoms. The Bertz CT molecular complexity index is 888. The van der Waals surface area contributed by atoms with E-state index < -0.39 is 17.5 Å². The topological polar surface area (TPSA) is 116 Å². The van der Waals surface area contributed by atoms with E-state index in [4.69, 9.17) is 0 Å². The van der Waals surface area contributed by atoms with Crippen molar-refractivity contribution in [3.63, 3.8) is 0 Å². The van der Waals surface area contributed by atoms with Crippen LogP contribution in [0.25, 0.3) is 0 Å². The second-order valence-electron chi connectivity index (χ2n) is 8.08. The zero-order chi connectivity index (χ0) is 21.3. The summed E-state index contributed by atoms with van der Waals surface area (Å²) in [4.78, 5) is 63.1. The predicted octanol–water partition coefficient (Wildman–Crippen LogP) is 1.53. The molecule has 2 N–H and O–H groups in total. The van der Waals surface area contributed by atoms with Crippen LogP contribution >= 0.6 is 0 Å². The number of hydrogen-bond donors (Lipinski definition) is 2. The maximum Gasteiger partial charge on any atom is 0.325 e. The number of nitrogens with one attached hydrogen (secondary N) is 2. The molecule has 1 spiro atoms. The lowest BCUT2D eigenvalue weighted by Crippen LogP contribution is -2.48. The zero-order valence-corrected chi connectivity index (χ0v) is 16.6. The largest absolute Gasteiger partial charge is 0.325 e. The van der Waals surface area contributed by atoms with Gasteiger partial charge in [0.25, 0.3) is 5.91 Å². The quantitative estimate of drug-likeness (QED) is 0.562. The maximum atomic E-state index is 12.7. The van der Waals surface area contributed by atoms with Gasteiger partial charge >= 0.3 is 6.03 Å². The molecule has 4 rings (SSSR count). The molecule has 3 fully saturated rings. The molecule has 9 nitrogen and oxygen atoms in total. The van der Waals surface area contributed by atoms with Crippen molar-refractivity contribution in [2.75, 3.05) is 11.9 Å².